The Bertz CT molecular complexity index is 710. The van der Waals surface area contributed by atoms with Gasteiger partial charge in [0.25, 0.3) is 5.91 Å². The van der Waals surface area contributed by atoms with Gasteiger partial charge in [-0.1, -0.05) is 12.1 Å². The van der Waals surface area contributed by atoms with E-state index >= 15 is 0 Å². The topological polar surface area (TPSA) is 80.0 Å². The predicted molar refractivity (Wildman–Crippen MR) is 77.2 cm³/mol. The van der Waals surface area contributed by atoms with E-state index in [9.17, 15) is 14.7 Å². The van der Waals surface area contributed by atoms with Crippen molar-refractivity contribution in [3.8, 4) is 0 Å². The number of ether oxygens (including phenoxy) is 1. The minimum Gasteiger partial charge on any atom is -0.480 e. The van der Waals surface area contributed by atoms with Gasteiger partial charge in [-0.25, -0.2) is 4.79 Å². The molecule has 1 N–H and O–H groups in total. The standard InChI is InChI=1S/C14H12BrNO5/c15-9-3-1-2-8-6-11(21-12(8)9)13(17)16-4-5-20-7-10(16)14(18)19/h1-3,6,10H,4-5,7H2,(H,18,19)/t10-/m0/s1. The molecular weight excluding hydrogens is 342 g/mol. The number of nitrogens with zero attached hydrogens (tertiary/aromatic N) is 1. The molecule has 21 heavy (non-hydrogen) atoms. The lowest BCUT2D eigenvalue weighted by Crippen LogP contribution is -2.52. The van der Waals surface area contributed by atoms with E-state index in [-0.39, 0.29) is 18.9 Å². The minimum atomic E-state index is -1.08. The van der Waals surface area contributed by atoms with Gasteiger partial charge in [-0.15, -0.1) is 0 Å². The van der Waals surface area contributed by atoms with E-state index in [1.807, 2.05) is 18.2 Å². The van der Waals surface area contributed by atoms with Crippen LogP contribution in [0.25, 0.3) is 11.0 Å². The first-order chi connectivity index (χ1) is 10.1. The maximum atomic E-state index is 12.5. The van der Waals surface area contributed by atoms with Gasteiger partial charge in [0.2, 0.25) is 0 Å². The van der Waals surface area contributed by atoms with Crippen LogP contribution in [0, 0.1) is 0 Å². The number of amides is 1. The SMILES string of the molecule is O=C(O)[C@@H]1COCCN1C(=O)c1cc2cccc(Br)c2o1. The zero-order valence-electron chi connectivity index (χ0n) is 10.9. The average molecular weight is 354 g/mol. The monoisotopic (exact) mass is 353 g/mol. The molecule has 1 aromatic heterocycles. The van der Waals surface area contributed by atoms with E-state index in [1.54, 1.807) is 6.07 Å². The number of carboxylic acids is 1. The van der Waals surface area contributed by atoms with Crippen molar-refractivity contribution in [2.75, 3.05) is 19.8 Å². The fraction of sp³-hybridized carbons (Fsp3) is 0.286. The fourth-order valence-corrected chi connectivity index (χ4v) is 2.79. The first kappa shape index (κ1) is 14.1. The second kappa shape index (κ2) is 5.50. The number of hydrogen-bond acceptors (Lipinski definition) is 4. The number of aliphatic carboxylic acids is 1. The molecular formula is C14H12BrNO5. The Kier molecular flexibility index (Phi) is 3.69. The number of rotatable bonds is 2. The van der Waals surface area contributed by atoms with Gasteiger partial charge in [0.15, 0.2) is 11.8 Å². The van der Waals surface area contributed by atoms with Crippen molar-refractivity contribution in [2.45, 2.75) is 6.04 Å². The van der Waals surface area contributed by atoms with Crippen LogP contribution in [0.3, 0.4) is 0 Å². The quantitative estimate of drug-likeness (QED) is 0.894. The lowest BCUT2D eigenvalue weighted by atomic mass is 10.2. The van der Waals surface area contributed by atoms with E-state index in [0.29, 0.717) is 12.2 Å². The Hall–Kier alpha value is -1.86. The van der Waals surface area contributed by atoms with Crippen molar-refractivity contribution in [1.29, 1.82) is 0 Å². The summed E-state index contributed by atoms with van der Waals surface area (Å²) in [6, 6.07) is 6.12. The van der Waals surface area contributed by atoms with E-state index in [0.717, 1.165) is 9.86 Å². The molecule has 2 aromatic rings. The summed E-state index contributed by atoms with van der Waals surface area (Å²) in [6.07, 6.45) is 0. The predicted octanol–water partition coefficient (Wildman–Crippen LogP) is 2.12. The van der Waals surface area contributed by atoms with E-state index in [4.69, 9.17) is 9.15 Å². The van der Waals surface area contributed by atoms with E-state index in [2.05, 4.69) is 15.9 Å². The average Bonchev–Trinajstić information content (AvgIpc) is 2.92. The summed E-state index contributed by atoms with van der Waals surface area (Å²) >= 11 is 3.36. The van der Waals surface area contributed by atoms with Crippen LogP contribution >= 0.6 is 15.9 Å². The Labute approximate surface area is 128 Å². The molecule has 1 saturated heterocycles. The number of carbonyl (C=O) groups is 2. The van der Waals surface area contributed by atoms with Crippen molar-refractivity contribution in [1.82, 2.24) is 4.90 Å². The van der Waals surface area contributed by atoms with Crippen LogP contribution in [0.5, 0.6) is 0 Å². The Balaban J connectivity index is 1.95. The van der Waals surface area contributed by atoms with Gasteiger partial charge in [-0.05, 0) is 28.1 Å². The van der Waals surface area contributed by atoms with Crippen LogP contribution in [0.2, 0.25) is 0 Å². The molecule has 7 heteroatoms. The van der Waals surface area contributed by atoms with Crippen LogP contribution in [-0.2, 0) is 9.53 Å². The van der Waals surface area contributed by atoms with Crippen molar-refractivity contribution < 1.29 is 23.8 Å². The summed E-state index contributed by atoms with van der Waals surface area (Å²) < 4.78 is 11.4. The molecule has 1 atom stereocenters. The molecule has 0 spiro atoms. The summed E-state index contributed by atoms with van der Waals surface area (Å²) in [7, 11) is 0. The fourth-order valence-electron chi connectivity index (χ4n) is 2.33. The van der Waals surface area contributed by atoms with Gasteiger partial charge in [-0.3, -0.25) is 4.79 Å². The lowest BCUT2D eigenvalue weighted by molar-refractivity contribution is -0.147. The van der Waals surface area contributed by atoms with Gasteiger partial charge in [0.05, 0.1) is 17.7 Å². The third-order valence-corrected chi connectivity index (χ3v) is 4.01. The molecule has 6 nitrogen and oxygen atoms in total. The number of benzene rings is 1. The largest absolute Gasteiger partial charge is 0.480 e. The van der Waals surface area contributed by atoms with Crippen LogP contribution in [0.15, 0.2) is 33.2 Å². The molecule has 2 heterocycles. The maximum Gasteiger partial charge on any atom is 0.328 e. The lowest BCUT2D eigenvalue weighted by Gasteiger charge is -2.32. The van der Waals surface area contributed by atoms with Crippen molar-refractivity contribution in [3.05, 3.63) is 34.5 Å². The number of carboxylic acid groups (broad SMARTS) is 1. The summed E-state index contributed by atoms with van der Waals surface area (Å²) in [6.45, 7) is 0.540. The molecule has 3 rings (SSSR count). The second-order valence-electron chi connectivity index (χ2n) is 4.70. The van der Waals surface area contributed by atoms with Gasteiger partial charge >= 0.3 is 5.97 Å². The molecule has 1 amide bonds. The molecule has 1 aliphatic heterocycles. The Morgan fingerprint density at radius 1 is 1.38 bits per heavy atom. The zero-order valence-corrected chi connectivity index (χ0v) is 12.5. The number of hydrogen-bond donors (Lipinski definition) is 1. The zero-order chi connectivity index (χ0) is 15.0. The van der Waals surface area contributed by atoms with Crippen molar-refractivity contribution in [2.24, 2.45) is 0 Å². The normalized spacial score (nSPS) is 18.9. The molecule has 1 aliphatic rings. The molecule has 0 radical (unpaired) electrons. The third-order valence-electron chi connectivity index (χ3n) is 3.38. The number of carbonyl (C=O) groups excluding carboxylic acids is 1. The summed E-state index contributed by atoms with van der Waals surface area (Å²) in [4.78, 5) is 25.0. The second-order valence-corrected chi connectivity index (χ2v) is 5.55. The molecule has 0 saturated carbocycles. The molecule has 110 valence electrons. The van der Waals surface area contributed by atoms with Crippen molar-refractivity contribution in [3.63, 3.8) is 0 Å². The smallest absolute Gasteiger partial charge is 0.328 e. The summed E-state index contributed by atoms with van der Waals surface area (Å²) in [5.41, 5.74) is 0.570. The number of halogens is 1. The summed E-state index contributed by atoms with van der Waals surface area (Å²) in [5.74, 6) is -1.39. The van der Waals surface area contributed by atoms with Gasteiger partial charge < -0.3 is 19.2 Å². The highest BCUT2D eigenvalue weighted by atomic mass is 79.9. The number of para-hydroxylation sites is 1. The van der Waals surface area contributed by atoms with Gasteiger partial charge in [-0.2, -0.15) is 0 Å². The molecule has 0 aliphatic carbocycles. The highest BCUT2D eigenvalue weighted by Crippen LogP contribution is 2.28. The molecule has 0 unspecified atom stereocenters. The van der Waals surface area contributed by atoms with E-state index < -0.39 is 17.9 Å². The number of fused-ring (bicyclic) bond motifs is 1. The first-order valence-electron chi connectivity index (χ1n) is 6.37. The number of morpholine rings is 1. The van der Waals surface area contributed by atoms with Crippen LogP contribution < -0.4 is 0 Å². The Morgan fingerprint density at radius 2 is 2.19 bits per heavy atom. The van der Waals surface area contributed by atoms with Gasteiger partial charge in [0, 0.05) is 11.9 Å². The highest BCUT2D eigenvalue weighted by molar-refractivity contribution is 9.10. The Morgan fingerprint density at radius 3 is 2.90 bits per heavy atom. The van der Waals surface area contributed by atoms with Crippen LogP contribution in [-0.4, -0.2) is 47.7 Å². The van der Waals surface area contributed by atoms with Crippen molar-refractivity contribution >= 4 is 38.8 Å². The molecule has 1 fully saturated rings. The maximum absolute atomic E-state index is 12.5. The van der Waals surface area contributed by atoms with Gasteiger partial charge in [0.1, 0.15) is 5.58 Å². The number of furan rings is 1. The van der Waals surface area contributed by atoms with Crippen LogP contribution in [0.1, 0.15) is 10.6 Å². The third kappa shape index (κ3) is 2.54. The minimum absolute atomic E-state index is 0.00893. The highest BCUT2D eigenvalue weighted by Gasteiger charge is 2.34. The van der Waals surface area contributed by atoms with E-state index in [1.165, 1.54) is 4.90 Å². The molecule has 0 bridgehead atoms. The first-order valence-corrected chi connectivity index (χ1v) is 7.17. The van der Waals surface area contributed by atoms with Crippen LogP contribution in [0.4, 0.5) is 0 Å². The summed E-state index contributed by atoms with van der Waals surface area (Å²) in [5, 5.41) is 9.96. The molecule has 1 aromatic carbocycles.